The van der Waals surface area contributed by atoms with E-state index in [-0.39, 0.29) is 5.56 Å². The van der Waals surface area contributed by atoms with Gasteiger partial charge in [-0.3, -0.25) is 0 Å². The maximum absolute atomic E-state index is 13.0. The minimum Gasteiger partial charge on any atom is -0.359 e. The van der Waals surface area contributed by atoms with Gasteiger partial charge in [-0.05, 0) is 25.0 Å². The van der Waals surface area contributed by atoms with E-state index in [1.807, 2.05) is 0 Å². The number of halogens is 3. The van der Waals surface area contributed by atoms with Crippen molar-refractivity contribution in [1.29, 1.82) is 0 Å². The summed E-state index contributed by atoms with van der Waals surface area (Å²) in [5.74, 6) is -3.82. The van der Waals surface area contributed by atoms with Crippen LogP contribution in [0.4, 0.5) is 13.2 Å². The van der Waals surface area contributed by atoms with Gasteiger partial charge >= 0.3 is 0 Å². The zero-order valence-electron chi connectivity index (χ0n) is 8.49. The molecule has 0 unspecified atom stereocenters. The highest BCUT2D eigenvalue weighted by Gasteiger charge is 2.14. The summed E-state index contributed by atoms with van der Waals surface area (Å²) in [6, 6.07) is 1.94. The lowest BCUT2D eigenvalue weighted by Crippen LogP contribution is -2.15. The van der Waals surface area contributed by atoms with Gasteiger partial charge in [0.2, 0.25) is 0 Å². The maximum Gasteiger partial charge on any atom is 0.194 e. The Balaban J connectivity index is 2.41. The summed E-state index contributed by atoms with van der Waals surface area (Å²) in [7, 11) is 0. The van der Waals surface area contributed by atoms with Gasteiger partial charge in [0.25, 0.3) is 0 Å². The molecule has 0 fully saturated rings. The van der Waals surface area contributed by atoms with Crippen molar-refractivity contribution in [2.45, 2.75) is 12.8 Å². The predicted molar refractivity (Wildman–Crippen MR) is 55.8 cm³/mol. The van der Waals surface area contributed by atoms with E-state index in [9.17, 15) is 13.2 Å². The van der Waals surface area contributed by atoms with Gasteiger partial charge in [-0.15, -0.1) is 0 Å². The molecule has 1 nitrogen and oxygen atoms in total. The van der Waals surface area contributed by atoms with Crippen molar-refractivity contribution >= 4 is 5.70 Å². The van der Waals surface area contributed by atoms with Crippen molar-refractivity contribution in [3.8, 4) is 0 Å². The summed E-state index contributed by atoms with van der Waals surface area (Å²) in [4.78, 5) is 0. The van der Waals surface area contributed by atoms with Gasteiger partial charge in [0.1, 0.15) is 0 Å². The van der Waals surface area contributed by atoms with E-state index in [0.717, 1.165) is 30.7 Å². The third-order valence-corrected chi connectivity index (χ3v) is 2.40. The van der Waals surface area contributed by atoms with E-state index in [4.69, 9.17) is 0 Å². The van der Waals surface area contributed by atoms with Crippen LogP contribution in [-0.4, -0.2) is 0 Å². The molecule has 1 aromatic carbocycles. The molecule has 0 spiro atoms. The Morgan fingerprint density at radius 2 is 1.75 bits per heavy atom. The number of hydrogen-bond donors (Lipinski definition) is 1. The number of hydrogen-bond acceptors (Lipinski definition) is 1. The second-order valence-electron chi connectivity index (χ2n) is 3.64. The molecule has 1 N–H and O–H groups in total. The molecule has 0 saturated carbocycles. The van der Waals surface area contributed by atoms with Crippen molar-refractivity contribution in [2.24, 2.45) is 0 Å². The lowest BCUT2D eigenvalue weighted by atomic mass is 10.1. The van der Waals surface area contributed by atoms with Crippen LogP contribution in [-0.2, 0) is 0 Å². The van der Waals surface area contributed by atoms with Crippen molar-refractivity contribution in [3.63, 3.8) is 0 Å². The molecule has 0 radical (unpaired) electrons. The summed E-state index contributed by atoms with van der Waals surface area (Å²) in [6.45, 7) is 3.74. The lowest BCUT2D eigenvalue weighted by molar-refractivity contribution is 0.446. The Bertz CT molecular complexity index is 454. The first kappa shape index (κ1) is 10.8. The summed E-state index contributed by atoms with van der Waals surface area (Å²) in [5.41, 5.74) is 1.63. The molecule has 1 aromatic rings. The Morgan fingerprint density at radius 3 is 2.31 bits per heavy atom. The number of rotatable bonds is 1. The van der Waals surface area contributed by atoms with Crippen LogP contribution in [0.2, 0.25) is 0 Å². The smallest absolute Gasteiger partial charge is 0.194 e. The monoisotopic (exact) mass is 225 g/mol. The van der Waals surface area contributed by atoms with E-state index in [0.29, 0.717) is 5.70 Å². The summed E-state index contributed by atoms with van der Waals surface area (Å²) < 4.78 is 38.7. The molecule has 1 aliphatic rings. The largest absolute Gasteiger partial charge is 0.359 e. The number of benzene rings is 1. The summed E-state index contributed by atoms with van der Waals surface area (Å²) in [5, 5.41) is 2.92. The summed E-state index contributed by atoms with van der Waals surface area (Å²) >= 11 is 0. The highest BCUT2D eigenvalue weighted by Crippen LogP contribution is 2.23. The predicted octanol–water partition coefficient (Wildman–Crippen LogP) is 3.34. The van der Waals surface area contributed by atoms with Gasteiger partial charge in [0.05, 0.1) is 0 Å². The van der Waals surface area contributed by atoms with Gasteiger partial charge < -0.3 is 5.32 Å². The molecule has 16 heavy (non-hydrogen) atoms. The average molecular weight is 225 g/mol. The van der Waals surface area contributed by atoms with Crippen LogP contribution in [0.25, 0.3) is 5.70 Å². The molecule has 0 atom stereocenters. The van der Waals surface area contributed by atoms with Gasteiger partial charge in [0.15, 0.2) is 17.5 Å². The third kappa shape index (κ3) is 1.96. The lowest BCUT2D eigenvalue weighted by Gasteiger charge is -2.18. The van der Waals surface area contributed by atoms with Gasteiger partial charge in [-0.2, -0.15) is 0 Å². The Kier molecular flexibility index (Phi) is 2.73. The zero-order valence-corrected chi connectivity index (χ0v) is 8.49. The second kappa shape index (κ2) is 4.04. The number of nitrogens with one attached hydrogen (secondary N) is 1. The average Bonchev–Trinajstić information content (AvgIpc) is 2.25. The molecular weight excluding hydrogens is 215 g/mol. The van der Waals surface area contributed by atoms with Gasteiger partial charge in [-0.25, -0.2) is 13.2 Å². The van der Waals surface area contributed by atoms with E-state index in [1.54, 1.807) is 6.08 Å². The van der Waals surface area contributed by atoms with Gasteiger partial charge in [-0.1, -0.05) is 12.7 Å². The molecule has 0 saturated heterocycles. The molecule has 0 amide bonds. The standard InChI is InChI=1S/C12H10F3N/c1-7-3-2-4-11(16-7)8-5-9(13)12(15)10(14)6-8/h4-6,16H,1-3H2. The minimum absolute atomic E-state index is 0.289. The normalized spacial score (nSPS) is 15.7. The highest BCUT2D eigenvalue weighted by molar-refractivity contribution is 5.66. The molecular formula is C12H10F3N. The third-order valence-electron chi connectivity index (χ3n) is 2.40. The van der Waals surface area contributed by atoms with Crippen molar-refractivity contribution in [1.82, 2.24) is 5.32 Å². The van der Waals surface area contributed by atoms with E-state index in [1.165, 1.54) is 0 Å². The van der Waals surface area contributed by atoms with Crippen molar-refractivity contribution in [2.75, 3.05) is 0 Å². The van der Waals surface area contributed by atoms with Crippen molar-refractivity contribution in [3.05, 3.63) is 53.5 Å². The van der Waals surface area contributed by atoms with E-state index < -0.39 is 17.5 Å². The molecule has 84 valence electrons. The quantitative estimate of drug-likeness (QED) is 0.723. The van der Waals surface area contributed by atoms with Crippen molar-refractivity contribution < 1.29 is 13.2 Å². The fourth-order valence-corrected chi connectivity index (χ4v) is 1.60. The molecule has 1 aliphatic heterocycles. The molecule has 4 heteroatoms. The van der Waals surface area contributed by atoms with Crippen LogP contribution in [0.1, 0.15) is 18.4 Å². The van der Waals surface area contributed by atoms with Gasteiger partial charge in [0, 0.05) is 17.0 Å². The fraction of sp³-hybridized carbons (Fsp3) is 0.167. The molecule has 0 bridgehead atoms. The first-order valence-electron chi connectivity index (χ1n) is 4.88. The Labute approximate surface area is 91.3 Å². The Hall–Kier alpha value is -1.71. The fourth-order valence-electron chi connectivity index (χ4n) is 1.60. The SMILES string of the molecule is C=C1CCC=C(c2cc(F)c(F)c(F)c2)N1. The van der Waals surface area contributed by atoms with Crippen LogP contribution in [0.5, 0.6) is 0 Å². The molecule has 2 rings (SSSR count). The molecule has 0 aliphatic carbocycles. The summed E-state index contributed by atoms with van der Waals surface area (Å²) in [6.07, 6.45) is 3.35. The van der Waals surface area contributed by atoms with E-state index in [2.05, 4.69) is 11.9 Å². The van der Waals surface area contributed by atoms with E-state index >= 15 is 0 Å². The van der Waals surface area contributed by atoms with Crippen LogP contribution in [0.3, 0.4) is 0 Å². The first-order valence-corrected chi connectivity index (χ1v) is 4.88. The second-order valence-corrected chi connectivity index (χ2v) is 3.64. The first-order chi connectivity index (χ1) is 7.58. The van der Waals surface area contributed by atoms with Crippen LogP contribution in [0, 0.1) is 17.5 Å². The molecule has 0 aromatic heterocycles. The zero-order chi connectivity index (χ0) is 11.7. The maximum atomic E-state index is 13.0. The van der Waals surface area contributed by atoms with Crippen LogP contribution in [0.15, 0.2) is 30.5 Å². The van der Waals surface area contributed by atoms with Crippen LogP contribution < -0.4 is 5.32 Å². The topological polar surface area (TPSA) is 12.0 Å². The highest BCUT2D eigenvalue weighted by atomic mass is 19.2. The Morgan fingerprint density at radius 1 is 1.12 bits per heavy atom. The van der Waals surface area contributed by atoms with Crippen LogP contribution >= 0.6 is 0 Å². The number of allylic oxidation sites excluding steroid dienone is 2. The molecule has 1 heterocycles. The minimum atomic E-state index is -1.45.